The maximum atomic E-state index is 16.1. The van der Waals surface area contributed by atoms with Gasteiger partial charge in [-0.25, -0.2) is 8.42 Å². The predicted octanol–water partition coefficient (Wildman–Crippen LogP) is 6.98. The molecule has 0 unspecified atom stereocenters. The highest BCUT2D eigenvalue weighted by molar-refractivity contribution is 7.91. The molecule has 3 aromatic carbocycles. The van der Waals surface area contributed by atoms with E-state index in [-0.39, 0.29) is 93.9 Å². The fourth-order valence-corrected chi connectivity index (χ4v) is 15.1. The Morgan fingerprint density at radius 3 is 2.62 bits per heavy atom. The maximum Gasteiger partial charge on any atom is 0.297 e. The van der Waals surface area contributed by atoms with Crippen molar-refractivity contribution in [3.05, 3.63) is 88.2 Å². The lowest BCUT2D eigenvalue weighted by atomic mass is 9.60. The fourth-order valence-electron chi connectivity index (χ4n) is 13.4. The van der Waals surface area contributed by atoms with E-state index < -0.39 is 38.5 Å². The normalized spacial score (nSPS) is 26.6. The number of aromatic nitrogens is 1. The van der Waals surface area contributed by atoms with Gasteiger partial charge in [-0.1, -0.05) is 18.2 Å². The molecule has 3 N–H and O–H groups in total. The van der Waals surface area contributed by atoms with Crippen molar-refractivity contribution in [2.75, 3.05) is 74.3 Å². The molecule has 0 radical (unpaired) electrons. The number of amides is 1. The van der Waals surface area contributed by atoms with E-state index in [1.165, 1.54) is 17.9 Å². The van der Waals surface area contributed by atoms with Gasteiger partial charge in [-0.15, -0.1) is 0 Å². The molecule has 5 saturated heterocycles. The topological polar surface area (TPSA) is 218 Å². The van der Waals surface area contributed by atoms with Crippen LogP contribution in [0, 0.1) is 15.5 Å². The number of primary amides is 1. The lowest BCUT2D eigenvalue weighted by molar-refractivity contribution is -0.384. The van der Waals surface area contributed by atoms with E-state index in [1.807, 2.05) is 6.07 Å². The lowest BCUT2D eigenvalue weighted by Gasteiger charge is -2.56. The van der Waals surface area contributed by atoms with Crippen LogP contribution in [0.15, 0.2) is 81.1 Å². The minimum atomic E-state index is -4.79. The third kappa shape index (κ3) is 7.93. The molecule has 1 aliphatic carbocycles. The summed E-state index contributed by atoms with van der Waals surface area (Å²) in [4.78, 5) is 39.4. The third-order valence-electron chi connectivity index (χ3n) is 16.9. The third-order valence-corrected chi connectivity index (χ3v) is 18.6. The number of carbonyl (C=O) groups is 1. The molecule has 13 rings (SSSR count). The zero-order valence-corrected chi connectivity index (χ0v) is 41.8. The van der Waals surface area contributed by atoms with Crippen molar-refractivity contribution in [2.45, 2.75) is 117 Å². The molecule has 19 nitrogen and oxygen atoms in total. The van der Waals surface area contributed by atoms with Gasteiger partial charge in [0.05, 0.1) is 77.1 Å². The number of likely N-dealkylation sites (tertiary alicyclic amines) is 2. The van der Waals surface area contributed by atoms with Crippen molar-refractivity contribution < 1.29 is 46.2 Å². The van der Waals surface area contributed by atoms with Crippen molar-refractivity contribution in [2.24, 2.45) is 11.1 Å². The Morgan fingerprint density at radius 1 is 1.01 bits per heavy atom. The molecule has 384 valence electrons. The number of nitrogens with two attached hydrogens (primary N) is 1. The van der Waals surface area contributed by atoms with E-state index >= 15 is 8.42 Å². The molecule has 6 atom stereocenters. The van der Waals surface area contributed by atoms with Gasteiger partial charge in [0.25, 0.3) is 11.6 Å². The summed E-state index contributed by atoms with van der Waals surface area (Å²) in [7, 11) is -4.79. The Balaban J connectivity index is 0.875. The zero-order chi connectivity index (χ0) is 49.9. The second-order valence-corrected chi connectivity index (χ2v) is 23.5. The van der Waals surface area contributed by atoms with E-state index in [4.69, 9.17) is 38.8 Å². The van der Waals surface area contributed by atoms with Crippen molar-refractivity contribution in [1.29, 1.82) is 0 Å². The molecule has 5 aromatic rings. The van der Waals surface area contributed by atoms with Crippen LogP contribution >= 0.6 is 0 Å². The van der Waals surface area contributed by atoms with Crippen molar-refractivity contribution >= 4 is 55.3 Å². The molecule has 2 aromatic heterocycles. The molecule has 1 spiro atoms. The molecular weight excluding hydrogens is 957 g/mol. The van der Waals surface area contributed by atoms with Crippen molar-refractivity contribution in [3.63, 3.8) is 0 Å². The highest BCUT2D eigenvalue weighted by Crippen LogP contribution is 2.56. The number of sulfone groups is 1. The minimum absolute atomic E-state index is 0.0221. The summed E-state index contributed by atoms with van der Waals surface area (Å²) in [5.41, 5.74) is 8.29. The van der Waals surface area contributed by atoms with Gasteiger partial charge >= 0.3 is 0 Å². The number of furan rings is 1. The number of nitro groups is 1. The highest BCUT2D eigenvalue weighted by atomic mass is 32.2. The number of hydrogen-bond acceptors (Lipinski definition) is 17. The molecule has 7 aliphatic heterocycles. The molecule has 8 aliphatic rings. The average Bonchev–Trinajstić information content (AvgIpc) is 4.25. The minimum Gasteiger partial charge on any atom is -0.491 e. The van der Waals surface area contributed by atoms with Crippen molar-refractivity contribution in [3.8, 4) is 17.4 Å². The molecule has 20 heteroatoms. The molecule has 6 fully saturated rings. The number of nitro benzene ring substituents is 1. The van der Waals surface area contributed by atoms with Crippen LogP contribution < -0.4 is 35.1 Å². The number of ether oxygens (including phenoxy) is 5. The Labute approximate surface area is 422 Å². The number of benzene rings is 3. The van der Waals surface area contributed by atoms with Crippen LogP contribution in [0.2, 0.25) is 0 Å². The van der Waals surface area contributed by atoms with E-state index in [0.717, 1.165) is 69.9 Å². The molecule has 73 heavy (non-hydrogen) atoms. The lowest BCUT2D eigenvalue weighted by Crippen LogP contribution is -2.55. The molecule has 2 bridgehead atoms. The first-order chi connectivity index (χ1) is 35.3. The zero-order valence-electron chi connectivity index (χ0n) is 40.9. The van der Waals surface area contributed by atoms with Crippen LogP contribution in [-0.4, -0.2) is 136 Å². The second kappa shape index (κ2) is 17.7. The number of nitrogens with zero attached hydrogens (tertiary/aromatic N) is 6. The molecule has 9 heterocycles. The van der Waals surface area contributed by atoms with Crippen LogP contribution in [0.25, 0.3) is 11.1 Å². The first-order valence-corrected chi connectivity index (χ1v) is 27.3. The maximum absolute atomic E-state index is 16.1. The van der Waals surface area contributed by atoms with E-state index in [0.29, 0.717) is 54.8 Å². The number of piperidine rings is 1. The van der Waals surface area contributed by atoms with Gasteiger partial charge in [-0.2, -0.15) is 4.98 Å². The molecule has 1 amide bonds. The number of fused-ring (bicyclic) bond motifs is 6. The van der Waals surface area contributed by atoms with Crippen LogP contribution in [0.1, 0.15) is 80.8 Å². The smallest absolute Gasteiger partial charge is 0.297 e. The SMILES string of the molecule is CC(C)Oc1ccccc1[C@@H]1CCCN1C1CC2(CCN(c3ccc(C(N)=O)c(N4c5cc6ccoc6nc5O[C@@H]5COC[C@H]54)c3S(=O)(=O)c3cc4c(c([N+](=O)[O-])c3)N[C@@H](CN3C[C@H]5C[C@@H]3CO5)CO4)CC2)C1. The fraction of sp³-hybridized carbons (Fsp3) is 0.509. The first-order valence-electron chi connectivity index (χ1n) is 25.8. The second-order valence-electron chi connectivity index (χ2n) is 21.6. The van der Waals surface area contributed by atoms with Gasteiger partial charge in [0, 0.05) is 67.4 Å². The highest BCUT2D eigenvalue weighted by Gasteiger charge is 2.52. The number of pyridine rings is 1. The van der Waals surface area contributed by atoms with Crippen LogP contribution in [0.5, 0.6) is 17.4 Å². The first kappa shape index (κ1) is 46.6. The Morgan fingerprint density at radius 2 is 1.85 bits per heavy atom. The summed E-state index contributed by atoms with van der Waals surface area (Å²) in [5.74, 6) is 0.308. The number of nitrogens with one attached hydrogen (secondary N) is 1. The quantitative estimate of drug-likeness (QED) is 0.0951. The number of para-hydroxylation sites is 1. The van der Waals surface area contributed by atoms with Gasteiger partial charge < -0.3 is 49.0 Å². The van der Waals surface area contributed by atoms with Gasteiger partial charge in [0.15, 0.2) is 11.4 Å². The Bertz CT molecular complexity index is 3130. The van der Waals surface area contributed by atoms with Gasteiger partial charge in [0.1, 0.15) is 29.0 Å². The summed E-state index contributed by atoms with van der Waals surface area (Å²) < 4.78 is 68.7. The number of morpholine rings is 1. The number of rotatable bonds is 12. The summed E-state index contributed by atoms with van der Waals surface area (Å²) in [6.45, 7) is 8.69. The Hall–Kier alpha value is -6.19. The molecule has 1 saturated carbocycles. The van der Waals surface area contributed by atoms with Gasteiger partial charge in [-0.05, 0) is 101 Å². The summed E-state index contributed by atoms with van der Waals surface area (Å²) in [6.07, 6.45) is 8.00. The number of hydrogen-bond donors (Lipinski definition) is 2. The van der Waals surface area contributed by atoms with Crippen LogP contribution in [0.3, 0.4) is 0 Å². The summed E-state index contributed by atoms with van der Waals surface area (Å²) in [5, 5.41) is 17.0. The summed E-state index contributed by atoms with van der Waals surface area (Å²) >= 11 is 0. The Kier molecular flexibility index (Phi) is 11.3. The van der Waals surface area contributed by atoms with E-state index in [2.05, 4.69) is 52.1 Å². The standard InChI is InChI=1S/C53H60N8O11S/c1-30(2)71-44-8-4-3-6-37(44)39-7-5-14-59(39)34-22-53(23-34)12-15-57(16-13-53)40-10-9-38(50(54)62)48(60-42-18-31-11-17-68-51(31)56-52(42)72-46-29-67-28-43(46)60)49(40)73(65,66)36-20-41(61(63)64)47-45(21-36)70-26-32(55-47)24-58-25-35-19-33(58)27-69-35/h3-4,6,8-11,17-18,20-21,30,32-35,39,43,46,55H,5,7,12-16,19,22-29H2,1-2H3,(H2,54,62)/t32-,33+,35+,39-,43+,46+/m0/s1. The summed E-state index contributed by atoms with van der Waals surface area (Å²) in [6, 6.07) is 17.8. The van der Waals surface area contributed by atoms with Gasteiger partial charge in [0.2, 0.25) is 21.4 Å². The van der Waals surface area contributed by atoms with Gasteiger partial charge in [-0.3, -0.25) is 24.7 Å². The average molecular weight is 1020 g/mol. The van der Waals surface area contributed by atoms with E-state index in [9.17, 15) is 14.9 Å². The van der Waals surface area contributed by atoms with Crippen molar-refractivity contribution in [1.82, 2.24) is 14.8 Å². The monoisotopic (exact) mass is 1020 g/mol. The number of anilines is 4. The van der Waals surface area contributed by atoms with Crippen LogP contribution in [0.4, 0.5) is 28.4 Å². The number of carbonyl (C=O) groups excluding carboxylic acids is 1. The molecular formula is C53H60N8O11S. The predicted molar refractivity (Wildman–Crippen MR) is 269 cm³/mol. The van der Waals surface area contributed by atoms with Crippen LogP contribution in [-0.2, 0) is 19.3 Å². The van der Waals surface area contributed by atoms with E-state index in [1.54, 1.807) is 29.2 Å². The largest absolute Gasteiger partial charge is 0.491 e.